The van der Waals surface area contributed by atoms with Gasteiger partial charge in [0.25, 0.3) is 0 Å². The first-order chi connectivity index (χ1) is 16.6. The molecule has 0 radical (unpaired) electrons. The van der Waals surface area contributed by atoms with E-state index in [0.717, 1.165) is 23.5 Å². The van der Waals surface area contributed by atoms with Crippen molar-refractivity contribution in [3.05, 3.63) is 48.0 Å². The smallest absolute Gasteiger partial charge is 0.150 e. The zero-order valence-electron chi connectivity index (χ0n) is 21.3. The Morgan fingerprint density at radius 3 is 2.03 bits per heavy atom. The average Bonchev–Trinajstić information content (AvgIpc) is 2.87. The van der Waals surface area contributed by atoms with E-state index in [0.29, 0.717) is 23.0 Å². The maximum Gasteiger partial charge on any atom is 0.150 e. The van der Waals surface area contributed by atoms with E-state index >= 15 is 0 Å². The Labute approximate surface area is 207 Å². The Balaban J connectivity index is 1.18. The van der Waals surface area contributed by atoms with Crippen LogP contribution in [0.25, 0.3) is 0 Å². The molecule has 2 saturated carbocycles. The van der Waals surface area contributed by atoms with E-state index in [1.165, 1.54) is 95.5 Å². The van der Waals surface area contributed by atoms with Crippen molar-refractivity contribution >= 4 is 11.4 Å². The van der Waals surface area contributed by atoms with Crippen LogP contribution >= 0.6 is 0 Å². The van der Waals surface area contributed by atoms with Gasteiger partial charge >= 0.3 is 0 Å². The van der Waals surface area contributed by atoms with Crippen LogP contribution in [0, 0.1) is 17.8 Å². The largest absolute Gasteiger partial charge is 0.455 e. The van der Waals surface area contributed by atoms with Gasteiger partial charge in [-0.2, -0.15) is 0 Å². The number of nitrogens with two attached hydrogens (primary N) is 2. The molecule has 0 aliphatic heterocycles. The third kappa shape index (κ3) is 6.93. The first-order valence-corrected chi connectivity index (χ1v) is 14.0. The van der Waals surface area contributed by atoms with Crippen molar-refractivity contribution in [2.75, 3.05) is 11.5 Å². The molecule has 3 heteroatoms. The molecule has 2 fully saturated rings. The third-order valence-corrected chi connectivity index (χ3v) is 8.66. The minimum Gasteiger partial charge on any atom is -0.455 e. The zero-order chi connectivity index (χ0) is 23.8. The molecule has 4 N–H and O–H groups in total. The second kappa shape index (κ2) is 12.5. The molecule has 4 rings (SSSR count). The van der Waals surface area contributed by atoms with Gasteiger partial charge in [-0.15, -0.1) is 0 Å². The number of benzene rings is 2. The number of hydrogen-bond donors (Lipinski definition) is 2. The van der Waals surface area contributed by atoms with Crippen molar-refractivity contribution in [2.24, 2.45) is 17.8 Å². The summed E-state index contributed by atoms with van der Waals surface area (Å²) in [6.07, 6.45) is 20.1. The Kier molecular flexibility index (Phi) is 9.18. The van der Waals surface area contributed by atoms with Gasteiger partial charge in [-0.1, -0.05) is 70.4 Å². The molecule has 34 heavy (non-hydrogen) atoms. The van der Waals surface area contributed by atoms with Gasteiger partial charge in [-0.05, 0) is 98.1 Å². The van der Waals surface area contributed by atoms with Crippen molar-refractivity contribution in [1.29, 1.82) is 0 Å². The summed E-state index contributed by atoms with van der Waals surface area (Å²) < 4.78 is 5.97. The van der Waals surface area contributed by atoms with Crippen molar-refractivity contribution < 1.29 is 4.74 Å². The number of hydrogen-bond acceptors (Lipinski definition) is 3. The summed E-state index contributed by atoms with van der Waals surface area (Å²) in [5.41, 5.74) is 14.5. The fraction of sp³-hybridized carbons (Fsp3) is 0.613. The van der Waals surface area contributed by atoms with E-state index in [9.17, 15) is 0 Å². The van der Waals surface area contributed by atoms with Crippen LogP contribution in [0.2, 0.25) is 0 Å². The Morgan fingerprint density at radius 2 is 1.38 bits per heavy atom. The molecule has 2 aliphatic rings. The molecule has 2 aromatic rings. The molecule has 0 bridgehead atoms. The molecular formula is C31H46N2O. The van der Waals surface area contributed by atoms with Crippen molar-refractivity contribution in [3.63, 3.8) is 0 Å². The molecule has 186 valence electrons. The van der Waals surface area contributed by atoms with Crippen LogP contribution in [-0.2, 0) is 0 Å². The van der Waals surface area contributed by atoms with E-state index in [1.54, 1.807) is 6.07 Å². The number of unbranched alkanes of at least 4 members (excludes halogenated alkanes) is 4. The third-order valence-electron chi connectivity index (χ3n) is 8.66. The minimum absolute atomic E-state index is 0.573. The summed E-state index contributed by atoms with van der Waals surface area (Å²) in [5, 5.41) is 0. The standard InChI is InChI=1S/C31H46N2O/c1-2-3-4-5-6-7-23-8-10-24(11-9-23)25-12-14-26(15-13-25)27-16-19-29(20-17-27)34-31-21-18-28(32)22-30(31)33/h16-26H,2-15,32-33H2,1H3. The zero-order valence-corrected chi connectivity index (χ0v) is 21.3. The minimum atomic E-state index is 0.573. The molecular weight excluding hydrogens is 416 g/mol. The van der Waals surface area contributed by atoms with Crippen LogP contribution in [0.5, 0.6) is 11.5 Å². The lowest BCUT2D eigenvalue weighted by Gasteiger charge is -2.38. The quantitative estimate of drug-likeness (QED) is 0.273. The van der Waals surface area contributed by atoms with Gasteiger partial charge in [0, 0.05) is 5.69 Å². The van der Waals surface area contributed by atoms with Gasteiger partial charge in [0.1, 0.15) is 11.5 Å². The predicted octanol–water partition coefficient (Wildman–Crippen LogP) is 9.08. The van der Waals surface area contributed by atoms with Crippen LogP contribution in [0.1, 0.15) is 108 Å². The molecule has 0 heterocycles. The van der Waals surface area contributed by atoms with Crippen LogP contribution in [-0.4, -0.2) is 0 Å². The molecule has 0 unspecified atom stereocenters. The Morgan fingerprint density at radius 1 is 0.735 bits per heavy atom. The summed E-state index contributed by atoms with van der Waals surface area (Å²) in [7, 11) is 0. The summed E-state index contributed by atoms with van der Waals surface area (Å²) in [5.74, 6) is 5.19. The van der Waals surface area contributed by atoms with E-state index in [2.05, 4.69) is 31.2 Å². The van der Waals surface area contributed by atoms with Crippen molar-refractivity contribution in [2.45, 2.75) is 103 Å². The van der Waals surface area contributed by atoms with Gasteiger partial charge in [-0.3, -0.25) is 0 Å². The topological polar surface area (TPSA) is 61.3 Å². The first kappa shape index (κ1) is 24.9. The lowest BCUT2D eigenvalue weighted by molar-refractivity contribution is 0.155. The average molecular weight is 463 g/mol. The van der Waals surface area contributed by atoms with Crippen LogP contribution in [0.15, 0.2) is 42.5 Å². The SMILES string of the molecule is CCCCCCCC1CCC(C2CCC(c3ccc(Oc4ccc(N)cc4N)cc3)CC2)CC1. The molecule has 0 atom stereocenters. The molecule has 2 aromatic carbocycles. The summed E-state index contributed by atoms with van der Waals surface area (Å²) in [6.45, 7) is 2.31. The van der Waals surface area contributed by atoms with Gasteiger partial charge < -0.3 is 16.2 Å². The highest BCUT2D eigenvalue weighted by Gasteiger charge is 2.31. The maximum atomic E-state index is 6.03. The van der Waals surface area contributed by atoms with E-state index in [1.807, 2.05) is 12.1 Å². The van der Waals surface area contributed by atoms with Gasteiger partial charge in [-0.25, -0.2) is 0 Å². The fourth-order valence-electron chi connectivity index (χ4n) is 6.50. The van der Waals surface area contributed by atoms with Gasteiger partial charge in [0.05, 0.1) is 5.69 Å². The van der Waals surface area contributed by atoms with Crippen LogP contribution in [0.3, 0.4) is 0 Å². The maximum absolute atomic E-state index is 6.03. The van der Waals surface area contributed by atoms with Crippen molar-refractivity contribution in [3.8, 4) is 11.5 Å². The first-order valence-electron chi connectivity index (χ1n) is 14.0. The highest BCUT2D eigenvalue weighted by Crippen LogP contribution is 2.44. The summed E-state index contributed by atoms with van der Waals surface area (Å²) >= 11 is 0. The normalized spacial score (nSPS) is 25.2. The predicted molar refractivity (Wildman–Crippen MR) is 145 cm³/mol. The Bertz CT molecular complexity index is 862. The molecule has 2 aliphatic carbocycles. The van der Waals surface area contributed by atoms with Crippen LogP contribution in [0.4, 0.5) is 11.4 Å². The number of rotatable bonds is 10. The Hall–Kier alpha value is -2.16. The highest BCUT2D eigenvalue weighted by molar-refractivity contribution is 5.61. The molecule has 0 amide bonds. The van der Waals surface area contributed by atoms with E-state index in [-0.39, 0.29) is 0 Å². The summed E-state index contributed by atoms with van der Waals surface area (Å²) in [6, 6.07) is 14.1. The number of ether oxygens (including phenoxy) is 1. The lowest BCUT2D eigenvalue weighted by Crippen LogP contribution is -2.25. The van der Waals surface area contributed by atoms with Gasteiger partial charge in [0.2, 0.25) is 0 Å². The molecule has 0 aromatic heterocycles. The summed E-state index contributed by atoms with van der Waals surface area (Å²) in [4.78, 5) is 0. The number of anilines is 2. The number of nitrogen functional groups attached to an aromatic ring is 2. The van der Waals surface area contributed by atoms with Crippen molar-refractivity contribution in [1.82, 2.24) is 0 Å². The molecule has 0 spiro atoms. The lowest BCUT2D eigenvalue weighted by atomic mass is 9.68. The molecule has 0 saturated heterocycles. The fourth-order valence-corrected chi connectivity index (χ4v) is 6.50. The second-order valence-electron chi connectivity index (χ2n) is 11.1. The molecule has 3 nitrogen and oxygen atoms in total. The van der Waals surface area contributed by atoms with E-state index < -0.39 is 0 Å². The highest BCUT2D eigenvalue weighted by atomic mass is 16.5. The van der Waals surface area contributed by atoms with Gasteiger partial charge in [0.15, 0.2) is 0 Å². The van der Waals surface area contributed by atoms with E-state index in [4.69, 9.17) is 16.2 Å². The second-order valence-corrected chi connectivity index (χ2v) is 11.1. The monoisotopic (exact) mass is 462 g/mol. The van der Waals surface area contributed by atoms with Crippen LogP contribution < -0.4 is 16.2 Å².